The van der Waals surface area contributed by atoms with Crippen LogP contribution >= 0.6 is 6.11 Å². The molecular formula is C18H29PTi+2. The first kappa shape index (κ1) is 18.3. The first-order valence-electron chi connectivity index (χ1n) is 7.35. The Balaban J connectivity index is 3.80. The monoisotopic (exact) mass is 324 g/mol. The van der Waals surface area contributed by atoms with E-state index in [2.05, 4.69) is 93.9 Å². The molecule has 0 bridgehead atoms. The van der Waals surface area contributed by atoms with Crippen molar-refractivity contribution in [1.29, 1.82) is 0 Å². The van der Waals surface area contributed by atoms with Crippen LogP contribution in [0.15, 0.2) is 12.1 Å². The van der Waals surface area contributed by atoms with Crippen molar-refractivity contribution in [3.63, 3.8) is 0 Å². The Labute approximate surface area is 138 Å². The number of hydrogen-bond acceptors (Lipinski definition) is 0. The van der Waals surface area contributed by atoms with Crippen molar-refractivity contribution in [2.75, 3.05) is 0 Å². The average molecular weight is 324 g/mol. The van der Waals surface area contributed by atoms with E-state index in [0.717, 1.165) is 0 Å². The van der Waals surface area contributed by atoms with Gasteiger partial charge >= 0.3 is 138 Å². The molecule has 108 valence electrons. The van der Waals surface area contributed by atoms with Crippen LogP contribution in [0.3, 0.4) is 0 Å². The molecule has 0 saturated heterocycles. The fraction of sp³-hybridized carbons (Fsp3) is 0.667. The zero-order valence-electron chi connectivity index (χ0n) is 14.6. The molecule has 20 heavy (non-hydrogen) atoms. The van der Waals surface area contributed by atoms with E-state index in [0.29, 0.717) is 0 Å². The minimum atomic E-state index is 0.194. The fourth-order valence-corrected chi connectivity index (χ4v) is 4.50. The molecule has 2 heteroatoms. The van der Waals surface area contributed by atoms with Gasteiger partial charge in [0, 0.05) is 0 Å². The molecule has 0 amide bonds. The second-order valence-electron chi connectivity index (χ2n) is 8.78. The zero-order valence-corrected chi connectivity index (χ0v) is 17.1. The van der Waals surface area contributed by atoms with Gasteiger partial charge in [-0.1, -0.05) is 0 Å². The van der Waals surface area contributed by atoms with E-state index in [1.54, 1.807) is 0 Å². The molecular weight excluding hydrogens is 295 g/mol. The summed E-state index contributed by atoms with van der Waals surface area (Å²) in [5, 5.41) is 1.53. The van der Waals surface area contributed by atoms with Gasteiger partial charge in [-0.15, -0.1) is 0 Å². The average Bonchev–Trinajstić information content (AvgIpc) is 2.23. The van der Waals surface area contributed by atoms with E-state index in [1.807, 2.05) is 0 Å². The molecule has 0 atom stereocenters. The van der Waals surface area contributed by atoms with Crippen LogP contribution in [-0.2, 0) is 35.7 Å². The molecule has 0 aliphatic carbocycles. The van der Waals surface area contributed by atoms with Gasteiger partial charge in [0.05, 0.1) is 0 Å². The van der Waals surface area contributed by atoms with Gasteiger partial charge in [-0.05, 0) is 0 Å². The van der Waals surface area contributed by atoms with Crippen LogP contribution in [0.2, 0.25) is 0 Å². The maximum absolute atomic E-state index is 2.45. The first-order valence-corrected chi connectivity index (χ1v) is 10.3. The fourth-order valence-electron chi connectivity index (χ4n) is 2.33. The topological polar surface area (TPSA) is 0 Å². The summed E-state index contributed by atoms with van der Waals surface area (Å²) in [7, 11) is 0. The van der Waals surface area contributed by atoms with Crippen LogP contribution < -0.4 is 5.30 Å². The standard InChI is InChI=1S/C18H29P.Ti/c1-16(2,3)12-10-13(17(4,5)6)15(19)14(11-12)18(7,8)9;/h10-11H,1-9H3;/q;+2. The van der Waals surface area contributed by atoms with Crippen molar-refractivity contribution in [1.82, 2.24) is 0 Å². The van der Waals surface area contributed by atoms with Crippen molar-refractivity contribution in [2.24, 2.45) is 0 Å². The van der Waals surface area contributed by atoms with E-state index in [9.17, 15) is 0 Å². The third-order valence-corrected chi connectivity index (χ3v) is 5.46. The number of rotatable bonds is 1. The predicted octanol–water partition coefficient (Wildman–Crippen LogP) is 5.61. The van der Waals surface area contributed by atoms with Crippen LogP contribution in [0.25, 0.3) is 0 Å². The first-order chi connectivity index (χ1) is 8.78. The summed E-state index contributed by atoms with van der Waals surface area (Å²) in [5.74, 6) is 0. The summed E-state index contributed by atoms with van der Waals surface area (Å²) in [5.41, 5.74) is 5.07. The molecule has 0 saturated carbocycles. The van der Waals surface area contributed by atoms with Gasteiger partial charge < -0.3 is 0 Å². The van der Waals surface area contributed by atoms with Crippen molar-refractivity contribution in [3.05, 3.63) is 28.8 Å². The summed E-state index contributed by atoms with van der Waals surface area (Å²) in [6, 6.07) is 4.89. The van der Waals surface area contributed by atoms with E-state index in [-0.39, 0.29) is 16.2 Å². The van der Waals surface area contributed by atoms with Crippen molar-refractivity contribution in [3.8, 4) is 0 Å². The molecule has 1 rings (SSSR count). The van der Waals surface area contributed by atoms with E-state index in [4.69, 9.17) is 0 Å². The summed E-state index contributed by atoms with van der Waals surface area (Å²) in [6.45, 7) is 20.9. The van der Waals surface area contributed by atoms with Crippen molar-refractivity contribution >= 4 is 11.4 Å². The molecule has 0 nitrogen and oxygen atoms in total. The van der Waals surface area contributed by atoms with Gasteiger partial charge in [0.2, 0.25) is 0 Å². The Bertz CT molecular complexity index is 473. The Morgan fingerprint density at radius 3 is 1.25 bits per heavy atom. The molecule has 0 spiro atoms. The molecule has 0 unspecified atom stereocenters. The molecule has 0 aliphatic rings. The maximum atomic E-state index is 2.45. The van der Waals surface area contributed by atoms with Crippen LogP contribution in [0.4, 0.5) is 0 Å². The van der Waals surface area contributed by atoms with Crippen LogP contribution in [0.1, 0.15) is 79.0 Å². The van der Waals surface area contributed by atoms with Gasteiger partial charge in [0.25, 0.3) is 0 Å². The van der Waals surface area contributed by atoms with Crippen molar-refractivity contribution < 1.29 is 19.4 Å². The molecule has 1 aromatic rings. The predicted molar refractivity (Wildman–Crippen MR) is 89.1 cm³/mol. The third kappa shape index (κ3) is 4.13. The Morgan fingerprint density at radius 1 is 0.700 bits per heavy atom. The van der Waals surface area contributed by atoms with E-state index >= 15 is 0 Å². The molecule has 0 fully saturated rings. The summed E-state index contributed by atoms with van der Waals surface area (Å²) in [4.78, 5) is 0. The Kier molecular flexibility index (Phi) is 5.29. The molecule has 0 radical (unpaired) electrons. The van der Waals surface area contributed by atoms with Crippen LogP contribution in [0, 0.1) is 0 Å². The quantitative estimate of drug-likeness (QED) is 0.465. The van der Waals surface area contributed by atoms with Gasteiger partial charge in [-0.2, -0.15) is 0 Å². The third-order valence-electron chi connectivity index (χ3n) is 3.70. The van der Waals surface area contributed by atoms with E-state index < -0.39 is 0 Å². The summed E-state index contributed by atoms with van der Waals surface area (Å²) >= 11 is 2.26. The Morgan fingerprint density at radius 2 is 1.05 bits per heavy atom. The van der Waals surface area contributed by atoms with Gasteiger partial charge in [0.15, 0.2) is 0 Å². The molecule has 1 aromatic carbocycles. The molecule has 0 N–H and O–H groups in total. The summed E-state index contributed by atoms with van der Waals surface area (Å²) < 4.78 is 0. The number of hydrogen-bond donors (Lipinski definition) is 0. The zero-order chi connectivity index (χ0) is 15.9. The Hall–Kier alpha value is 0.234. The second-order valence-corrected chi connectivity index (χ2v) is 10.5. The van der Waals surface area contributed by atoms with Gasteiger partial charge in [-0.25, -0.2) is 0 Å². The molecule has 0 aromatic heterocycles. The SMILES string of the molecule is CC(C)(C)c1cc(C(C)(C)C)c([P]=[Ti+2])c(C(C)(C)C)c1. The van der Waals surface area contributed by atoms with Crippen LogP contribution in [0.5, 0.6) is 0 Å². The van der Waals surface area contributed by atoms with E-state index in [1.165, 1.54) is 28.1 Å². The second kappa shape index (κ2) is 5.79. The van der Waals surface area contributed by atoms with Crippen molar-refractivity contribution in [2.45, 2.75) is 78.6 Å². The summed E-state index contributed by atoms with van der Waals surface area (Å²) in [6.07, 6.45) is 1.37. The minimum absolute atomic E-state index is 0.194. The van der Waals surface area contributed by atoms with Crippen LogP contribution in [-0.4, -0.2) is 0 Å². The number of benzene rings is 1. The van der Waals surface area contributed by atoms with Gasteiger partial charge in [0.1, 0.15) is 0 Å². The normalized spacial score (nSPS) is 13.9. The molecule has 0 aliphatic heterocycles. The molecule has 0 heterocycles. The van der Waals surface area contributed by atoms with Gasteiger partial charge in [-0.3, -0.25) is 0 Å².